The number of terminal acetylenes is 1. The second-order valence-corrected chi connectivity index (χ2v) is 7.15. The number of benzene rings is 2. The van der Waals surface area contributed by atoms with Crippen molar-refractivity contribution in [2.45, 2.75) is 11.8 Å². The van der Waals surface area contributed by atoms with E-state index in [2.05, 4.69) is 10.7 Å². The first-order chi connectivity index (χ1) is 10.8. The Labute approximate surface area is 136 Å². The Hall–Kier alpha value is -2.58. The fourth-order valence-corrected chi connectivity index (χ4v) is 3.15. The largest absolute Gasteiger partial charge is 0.465 e. The number of ether oxygens (including phenoxy) is 1. The number of methoxy groups -OCH3 is 1. The molecular weight excluding hydrogens is 312 g/mol. The fourth-order valence-electron chi connectivity index (χ4n) is 2.24. The highest BCUT2D eigenvalue weighted by molar-refractivity contribution is 7.90. The van der Waals surface area contributed by atoms with Crippen molar-refractivity contribution in [2.75, 3.05) is 13.4 Å². The molecule has 0 bridgehead atoms. The van der Waals surface area contributed by atoms with Gasteiger partial charge in [0.2, 0.25) is 0 Å². The van der Waals surface area contributed by atoms with Crippen molar-refractivity contribution in [3.63, 3.8) is 0 Å². The standard InChI is InChI=1S/C18H16O4S/c1-5-13-10-15(14-8-6-12(2)7-9-14)17(23(4,20)21)11-16(13)18(19)22-3/h1,6-11H,2-4H3. The van der Waals surface area contributed by atoms with Gasteiger partial charge in [-0.1, -0.05) is 35.7 Å². The van der Waals surface area contributed by atoms with E-state index < -0.39 is 15.8 Å². The molecule has 0 unspecified atom stereocenters. The number of hydrogen-bond donors (Lipinski definition) is 0. The van der Waals surface area contributed by atoms with Crippen molar-refractivity contribution in [1.82, 2.24) is 0 Å². The third kappa shape index (κ3) is 3.43. The van der Waals surface area contributed by atoms with Gasteiger partial charge in [-0.15, -0.1) is 6.42 Å². The van der Waals surface area contributed by atoms with E-state index in [4.69, 9.17) is 6.42 Å². The van der Waals surface area contributed by atoms with Gasteiger partial charge in [-0.05, 0) is 24.6 Å². The first-order valence-corrected chi connectivity index (χ1v) is 8.67. The normalized spacial score (nSPS) is 10.9. The lowest BCUT2D eigenvalue weighted by Gasteiger charge is -2.12. The molecule has 5 heteroatoms. The van der Waals surface area contributed by atoms with Crippen LogP contribution in [0.5, 0.6) is 0 Å². The summed E-state index contributed by atoms with van der Waals surface area (Å²) in [5.74, 6) is 1.75. The summed E-state index contributed by atoms with van der Waals surface area (Å²) in [6.07, 6.45) is 6.56. The van der Waals surface area contributed by atoms with Gasteiger partial charge in [0.15, 0.2) is 9.84 Å². The number of hydrogen-bond acceptors (Lipinski definition) is 4. The lowest BCUT2D eigenvalue weighted by molar-refractivity contribution is 0.0600. The molecule has 2 aromatic rings. The second kappa shape index (κ2) is 6.27. The van der Waals surface area contributed by atoms with Crippen LogP contribution in [0.1, 0.15) is 21.5 Å². The zero-order chi connectivity index (χ0) is 17.2. The minimum absolute atomic E-state index is 0.0424. The van der Waals surface area contributed by atoms with Crippen LogP contribution < -0.4 is 0 Å². The third-order valence-corrected chi connectivity index (χ3v) is 4.58. The van der Waals surface area contributed by atoms with Crippen molar-refractivity contribution in [2.24, 2.45) is 0 Å². The minimum atomic E-state index is -3.56. The van der Waals surface area contributed by atoms with E-state index in [1.54, 1.807) is 0 Å². The average Bonchev–Trinajstić information content (AvgIpc) is 2.52. The van der Waals surface area contributed by atoms with Crippen LogP contribution >= 0.6 is 0 Å². The molecule has 0 heterocycles. The number of rotatable bonds is 3. The van der Waals surface area contributed by atoms with Crippen LogP contribution in [0.25, 0.3) is 11.1 Å². The molecule has 0 aromatic heterocycles. The summed E-state index contributed by atoms with van der Waals surface area (Å²) in [5, 5.41) is 0. The maximum atomic E-state index is 12.2. The van der Waals surface area contributed by atoms with Gasteiger partial charge in [-0.25, -0.2) is 13.2 Å². The van der Waals surface area contributed by atoms with E-state index in [0.717, 1.165) is 11.8 Å². The minimum Gasteiger partial charge on any atom is -0.465 e. The lowest BCUT2D eigenvalue weighted by atomic mass is 9.98. The zero-order valence-electron chi connectivity index (χ0n) is 13.1. The van der Waals surface area contributed by atoms with Gasteiger partial charge in [0.25, 0.3) is 0 Å². The topological polar surface area (TPSA) is 60.4 Å². The average molecular weight is 328 g/mol. The van der Waals surface area contributed by atoms with Gasteiger partial charge in [-0.3, -0.25) is 0 Å². The van der Waals surface area contributed by atoms with Crippen LogP contribution in [0, 0.1) is 19.3 Å². The molecule has 0 fully saturated rings. The van der Waals surface area contributed by atoms with Crippen molar-refractivity contribution >= 4 is 15.8 Å². The number of carbonyl (C=O) groups excluding carboxylic acids is 1. The van der Waals surface area contributed by atoms with Gasteiger partial charge in [0.05, 0.1) is 17.6 Å². The van der Waals surface area contributed by atoms with E-state index in [-0.39, 0.29) is 10.5 Å². The summed E-state index contributed by atoms with van der Waals surface area (Å²) in [7, 11) is -2.34. The molecule has 0 saturated carbocycles. The molecule has 0 radical (unpaired) electrons. The second-order valence-electron chi connectivity index (χ2n) is 5.17. The van der Waals surface area contributed by atoms with Gasteiger partial charge in [0, 0.05) is 17.4 Å². The highest BCUT2D eigenvalue weighted by Crippen LogP contribution is 2.31. The molecule has 0 spiro atoms. The molecular formula is C18H16O4S. The molecule has 0 aliphatic carbocycles. The monoisotopic (exact) mass is 328 g/mol. The predicted octanol–water partition coefficient (Wildman–Crippen LogP) is 2.83. The Morgan fingerprint density at radius 2 is 1.78 bits per heavy atom. The maximum Gasteiger partial charge on any atom is 0.339 e. The van der Waals surface area contributed by atoms with Crippen molar-refractivity contribution in [1.29, 1.82) is 0 Å². The SMILES string of the molecule is C#Cc1cc(-c2ccc(C)cc2)c(S(C)(=O)=O)cc1C(=O)OC. The number of sulfone groups is 1. The summed E-state index contributed by atoms with van der Waals surface area (Å²) in [6.45, 7) is 1.94. The van der Waals surface area contributed by atoms with Crippen LogP contribution in [0.2, 0.25) is 0 Å². The Balaban J connectivity index is 2.83. The van der Waals surface area contributed by atoms with E-state index >= 15 is 0 Å². The van der Waals surface area contributed by atoms with Crippen LogP contribution in [-0.2, 0) is 14.6 Å². The zero-order valence-corrected chi connectivity index (χ0v) is 13.9. The smallest absolute Gasteiger partial charge is 0.339 e. The van der Waals surface area contributed by atoms with Crippen molar-refractivity contribution in [3.05, 3.63) is 53.1 Å². The molecule has 0 atom stereocenters. The Morgan fingerprint density at radius 1 is 1.17 bits per heavy atom. The van der Waals surface area contributed by atoms with Crippen molar-refractivity contribution < 1.29 is 17.9 Å². The third-order valence-electron chi connectivity index (χ3n) is 3.44. The Morgan fingerprint density at radius 3 is 2.26 bits per heavy atom. The summed E-state index contributed by atoms with van der Waals surface area (Å²) in [4.78, 5) is 11.9. The van der Waals surface area contributed by atoms with E-state index in [0.29, 0.717) is 16.7 Å². The lowest BCUT2D eigenvalue weighted by Crippen LogP contribution is -2.09. The molecule has 0 aliphatic rings. The van der Waals surface area contributed by atoms with Gasteiger partial charge in [0.1, 0.15) is 0 Å². The molecule has 23 heavy (non-hydrogen) atoms. The number of esters is 1. The first kappa shape index (κ1) is 16.8. The van der Waals surface area contributed by atoms with Crippen LogP contribution in [0.3, 0.4) is 0 Å². The summed E-state index contributed by atoms with van der Waals surface area (Å²) in [5.41, 5.74) is 2.58. The summed E-state index contributed by atoms with van der Waals surface area (Å²) < 4.78 is 29.0. The van der Waals surface area contributed by atoms with Crippen molar-refractivity contribution in [3.8, 4) is 23.5 Å². The summed E-state index contributed by atoms with van der Waals surface area (Å²) in [6, 6.07) is 10.2. The molecule has 0 amide bonds. The quantitative estimate of drug-likeness (QED) is 0.642. The van der Waals surface area contributed by atoms with Gasteiger partial charge < -0.3 is 4.74 Å². The van der Waals surface area contributed by atoms with Crippen LogP contribution in [0.15, 0.2) is 41.3 Å². The number of aryl methyl sites for hydroxylation is 1. The highest BCUT2D eigenvalue weighted by atomic mass is 32.2. The first-order valence-electron chi connectivity index (χ1n) is 6.78. The van der Waals surface area contributed by atoms with E-state index in [1.807, 2.05) is 31.2 Å². The molecule has 0 N–H and O–H groups in total. The fraction of sp³-hybridized carbons (Fsp3) is 0.167. The van der Waals surface area contributed by atoms with E-state index in [9.17, 15) is 13.2 Å². The van der Waals surface area contributed by atoms with Crippen LogP contribution in [0.4, 0.5) is 0 Å². The predicted molar refractivity (Wildman–Crippen MR) is 89.0 cm³/mol. The Bertz CT molecular complexity index is 901. The highest BCUT2D eigenvalue weighted by Gasteiger charge is 2.21. The Kier molecular flexibility index (Phi) is 4.57. The molecule has 0 aliphatic heterocycles. The maximum absolute atomic E-state index is 12.2. The summed E-state index contributed by atoms with van der Waals surface area (Å²) >= 11 is 0. The van der Waals surface area contributed by atoms with Gasteiger partial charge in [-0.2, -0.15) is 0 Å². The molecule has 2 rings (SSSR count). The van der Waals surface area contributed by atoms with Crippen LogP contribution in [-0.4, -0.2) is 27.8 Å². The molecule has 118 valence electrons. The molecule has 0 saturated heterocycles. The van der Waals surface area contributed by atoms with Gasteiger partial charge >= 0.3 is 5.97 Å². The van der Waals surface area contributed by atoms with E-state index in [1.165, 1.54) is 19.2 Å². The molecule has 2 aromatic carbocycles. The number of carbonyl (C=O) groups is 1. The molecule has 4 nitrogen and oxygen atoms in total.